The van der Waals surface area contributed by atoms with Gasteiger partial charge >= 0.3 is 5.97 Å². The maximum atomic E-state index is 12.2. The van der Waals surface area contributed by atoms with Crippen LogP contribution in [0.4, 0.5) is 0 Å². The summed E-state index contributed by atoms with van der Waals surface area (Å²) >= 11 is 3.36. The second kappa shape index (κ2) is 10.1. The molecule has 0 fully saturated rings. The fraction of sp³-hybridized carbons (Fsp3) is 0.375. The Bertz CT molecular complexity index is 519. The van der Waals surface area contributed by atoms with Gasteiger partial charge in [-0.1, -0.05) is 34.1 Å². The average Bonchev–Trinajstić information content (AvgIpc) is 2.45. The number of hydrogen-bond donors (Lipinski definition) is 1. The lowest BCUT2D eigenvalue weighted by atomic mass is 10.2. The van der Waals surface area contributed by atoms with Crippen molar-refractivity contribution >= 4 is 27.8 Å². The summed E-state index contributed by atoms with van der Waals surface area (Å²) in [5.74, 6) is -1.21. The maximum absolute atomic E-state index is 12.2. The molecule has 0 bridgehead atoms. The first-order valence-corrected chi connectivity index (χ1v) is 7.75. The van der Waals surface area contributed by atoms with E-state index in [9.17, 15) is 9.59 Å². The van der Waals surface area contributed by atoms with Crippen LogP contribution in [0, 0.1) is 0 Å². The van der Waals surface area contributed by atoms with E-state index in [1.165, 1.54) is 4.90 Å². The molecule has 1 aromatic rings. The number of hydrogen-bond acceptors (Lipinski definition) is 3. The Labute approximate surface area is 138 Å². The third kappa shape index (κ3) is 7.38. The van der Waals surface area contributed by atoms with Crippen LogP contribution in [0.3, 0.4) is 0 Å². The molecule has 0 spiro atoms. The van der Waals surface area contributed by atoms with E-state index in [0.717, 1.165) is 10.0 Å². The molecule has 0 radical (unpaired) electrons. The van der Waals surface area contributed by atoms with Gasteiger partial charge in [0, 0.05) is 24.0 Å². The molecule has 1 amide bonds. The smallest absolute Gasteiger partial charge is 0.323 e. The fourth-order valence-electron chi connectivity index (χ4n) is 1.90. The van der Waals surface area contributed by atoms with E-state index < -0.39 is 5.97 Å². The summed E-state index contributed by atoms with van der Waals surface area (Å²) in [4.78, 5) is 24.5. The molecule has 6 heteroatoms. The number of benzene rings is 1. The minimum absolute atomic E-state index is 0.190. The van der Waals surface area contributed by atoms with Crippen LogP contribution < -0.4 is 0 Å². The van der Waals surface area contributed by atoms with E-state index in [2.05, 4.69) is 22.5 Å². The molecule has 0 aromatic heterocycles. The molecule has 1 N–H and O–H groups in total. The number of carboxylic acid groups (broad SMARTS) is 1. The summed E-state index contributed by atoms with van der Waals surface area (Å²) in [7, 11) is 0. The van der Waals surface area contributed by atoms with Crippen LogP contribution in [0.1, 0.15) is 18.4 Å². The Morgan fingerprint density at radius 1 is 1.41 bits per heavy atom. The molecule has 22 heavy (non-hydrogen) atoms. The van der Waals surface area contributed by atoms with Crippen molar-refractivity contribution in [1.82, 2.24) is 4.90 Å². The summed E-state index contributed by atoms with van der Waals surface area (Å²) in [6.07, 6.45) is 2.46. The van der Waals surface area contributed by atoms with E-state index >= 15 is 0 Å². The van der Waals surface area contributed by atoms with Crippen molar-refractivity contribution in [2.45, 2.75) is 19.4 Å². The zero-order chi connectivity index (χ0) is 16.4. The Morgan fingerprint density at radius 2 is 2.18 bits per heavy atom. The highest BCUT2D eigenvalue weighted by atomic mass is 79.9. The van der Waals surface area contributed by atoms with Gasteiger partial charge in [-0.2, -0.15) is 0 Å². The van der Waals surface area contributed by atoms with Crippen LogP contribution in [0.15, 0.2) is 41.4 Å². The first-order chi connectivity index (χ1) is 10.5. The van der Waals surface area contributed by atoms with E-state index in [-0.39, 0.29) is 25.4 Å². The Kier molecular flexibility index (Phi) is 8.47. The zero-order valence-corrected chi connectivity index (χ0v) is 13.9. The first-order valence-electron chi connectivity index (χ1n) is 6.95. The predicted octanol–water partition coefficient (Wildman–Crippen LogP) is 2.85. The van der Waals surface area contributed by atoms with Gasteiger partial charge in [-0.05, 0) is 24.1 Å². The Morgan fingerprint density at radius 3 is 2.82 bits per heavy atom. The molecule has 5 nitrogen and oxygen atoms in total. The highest BCUT2D eigenvalue weighted by molar-refractivity contribution is 9.10. The second-order valence-corrected chi connectivity index (χ2v) is 5.66. The third-order valence-electron chi connectivity index (χ3n) is 2.86. The van der Waals surface area contributed by atoms with Crippen LogP contribution in [0.2, 0.25) is 0 Å². The summed E-state index contributed by atoms with van der Waals surface area (Å²) in [5.41, 5.74) is 0.881. The molecule has 0 aliphatic rings. The van der Waals surface area contributed by atoms with Crippen molar-refractivity contribution in [2.75, 3.05) is 19.8 Å². The molecule has 0 saturated heterocycles. The van der Waals surface area contributed by atoms with Gasteiger partial charge in [0.05, 0.1) is 6.61 Å². The minimum atomic E-state index is -1.02. The topological polar surface area (TPSA) is 66.8 Å². The van der Waals surface area contributed by atoms with Crippen molar-refractivity contribution in [1.29, 1.82) is 0 Å². The van der Waals surface area contributed by atoms with Gasteiger partial charge in [-0.15, -0.1) is 6.58 Å². The number of nitrogens with zero attached hydrogens (tertiary/aromatic N) is 1. The van der Waals surface area contributed by atoms with Gasteiger partial charge in [-0.3, -0.25) is 9.59 Å². The number of rotatable bonds is 10. The van der Waals surface area contributed by atoms with Crippen LogP contribution in [0.25, 0.3) is 0 Å². The number of aliphatic carboxylic acids is 1. The molecule has 0 saturated carbocycles. The van der Waals surface area contributed by atoms with E-state index in [4.69, 9.17) is 9.84 Å². The SMILES string of the molecule is C=CCOCCCC(=O)N(CC(=O)O)Cc1cccc(Br)c1. The number of halogens is 1. The maximum Gasteiger partial charge on any atom is 0.323 e. The molecule has 0 unspecified atom stereocenters. The number of carbonyl (C=O) groups is 2. The number of amides is 1. The molecule has 1 rings (SSSR count). The minimum Gasteiger partial charge on any atom is -0.480 e. The molecule has 1 aromatic carbocycles. The molecule has 0 atom stereocenters. The molecular weight excluding hydrogens is 350 g/mol. The lowest BCUT2D eigenvalue weighted by Gasteiger charge is -2.21. The lowest BCUT2D eigenvalue weighted by molar-refractivity contribution is -0.145. The molecule has 120 valence electrons. The van der Waals surface area contributed by atoms with E-state index in [1.807, 2.05) is 24.3 Å². The average molecular weight is 370 g/mol. The van der Waals surface area contributed by atoms with Crippen molar-refractivity contribution < 1.29 is 19.4 Å². The first kappa shape index (κ1) is 18.4. The van der Waals surface area contributed by atoms with E-state index in [0.29, 0.717) is 19.6 Å². The summed E-state index contributed by atoms with van der Waals surface area (Å²) in [5, 5.41) is 8.97. The third-order valence-corrected chi connectivity index (χ3v) is 3.35. The van der Waals surface area contributed by atoms with Crippen LogP contribution in [0.5, 0.6) is 0 Å². The van der Waals surface area contributed by atoms with Crippen molar-refractivity contribution in [2.24, 2.45) is 0 Å². The van der Waals surface area contributed by atoms with Crippen LogP contribution >= 0.6 is 15.9 Å². The van der Waals surface area contributed by atoms with Gasteiger partial charge in [0.2, 0.25) is 5.91 Å². The van der Waals surface area contributed by atoms with Crippen LogP contribution in [-0.2, 0) is 20.9 Å². The van der Waals surface area contributed by atoms with Crippen molar-refractivity contribution in [3.63, 3.8) is 0 Å². The van der Waals surface area contributed by atoms with Crippen LogP contribution in [-0.4, -0.2) is 41.6 Å². The fourth-order valence-corrected chi connectivity index (χ4v) is 2.35. The molecule has 0 aliphatic heterocycles. The van der Waals surface area contributed by atoms with Gasteiger partial charge in [0.1, 0.15) is 6.54 Å². The number of ether oxygens (including phenoxy) is 1. The molecular formula is C16H20BrNO4. The van der Waals surface area contributed by atoms with Gasteiger partial charge < -0.3 is 14.7 Å². The highest BCUT2D eigenvalue weighted by Gasteiger charge is 2.17. The van der Waals surface area contributed by atoms with Crippen molar-refractivity contribution in [3.05, 3.63) is 47.0 Å². The standard InChI is InChI=1S/C16H20BrNO4/c1-2-8-22-9-4-7-15(19)18(12-16(20)21)11-13-5-3-6-14(17)10-13/h2-3,5-6,10H,1,4,7-9,11-12H2,(H,20,21). The zero-order valence-electron chi connectivity index (χ0n) is 12.3. The quantitative estimate of drug-likeness (QED) is 0.508. The molecule has 0 heterocycles. The van der Waals surface area contributed by atoms with E-state index in [1.54, 1.807) is 6.08 Å². The van der Waals surface area contributed by atoms with Gasteiger partial charge in [0.15, 0.2) is 0 Å². The predicted molar refractivity (Wildman–Crippen MR) is 87.4 cm³/mol. The number of carboxylic acids is 1. The lowest BCUT2D eigenvalue weighted by Crippen LogP contribution is -2.35. The Hall–Kier alpha value is -1.66. The Balaban J connectivity index is 2.57. The summed E-state index contributed by atoms with van der Waals surface area (Å²) in [6.45, 7) is 4.41. The highest BCUT2D eigenvalue weighted by Crippen LogP contribution is 2.14. The number of carbonyl (C=O) groups excluding carboxylic acids is 1. The van der Waals surface area contributed by atoms with Gasteiger partial charge in [0.25, 0.3) is 0 Å². The molecule has 0 aliphatic carbocycles. The second-order valence-electron chi connectivity index (χ2n) is 4.74. The largest absolute Gasteiger partial charge is 0.480 e. The summed E-state index contributed by atoms with van der Waals surface area (Å²) < 4.78 is 6.11. The monoisotopic (exact) mass is 369 g/mol. The van der Waals surface area contributed by atoms with Gasteiger partial charge in [-0.25, -0.2) is 0 Å². The normalized spacial score (nSPS) is 10.2. The summed E-state index contributed by atoms with van der Waals surface area (Å²) in [6, 6.07) is 7.46. The van der Waals surface area contributed by atoms with Crippen molar-refractivity contribution in [3.8, 4) is 0 Å².